The highest BCUT2D eigenvalue weighted by atomic mass is 16.5. The Kier molecular flexibility index (Phi) is 3.06. The van der Waals surface area contributed by atoms with Crippen LogP contribution >= 0.6 is 0 Å². The van der Waals surface area contributed by atoms with Crippen molar-refractivity contribution in [2.75, 3.05) is 6.61 Å². The number of carbonyl (C=O) groups excluding carboxylic acids is 2. The molecular formula is C13H14N2O3. The minimum atomic E-state index is -0.704. The molecule has 0 unspecified atom stereocenters. The minimum absolute atomic E-state index is 0.0457. The van der Waals surface area contributed by atoms with Gasteiger partial charge < -0.3 is 15.8 Å². The van der Waals surface area contributed by atoms with Crippen molar-refractivity contribution in [3.63, 3.8) is 0 Å². The van der Waals surface area contributed by atoms with Crippen LogP contribution in [0.5, 0.6) is 0 Å². The summed E-state index contributed by atoms with van der Waals surface area (Å²) in [4.78, 5) is 22.6. The summed E-state index contributed by atoms with van der Waals surface area (Å²) < 4.78 is 4.93. The summed E-state index contributed by atoms with van der Waals surface area (Å²) in [6.07, 6.45) is 0. The number of carbonyl (C=O) groups is 2. The molecule has 0 aliphatic carbocycles. The van der Waals surface area contributed by atoms with Crippen LogP contribution in [0, 0.1) is 13.8 Å². The first-order valence-electron chi connectivity index (χ1n) is 5.53. The molecule has 18 heavy (non-hydrogen) atoms. The number of primary amides is 1. The van der Waals surface area contributed by atoms with Gasteiger partial charge in [0.2, 0.25) is 0 Å². The first-order chi connectivity index (χ1) is 8.47. The molecule has 0 saturated heterocycles. The van der Waals surface area contributed by atoms with Crippen LogP contribution in [0.25, 0.3) is 5.57 Å². The maximum absolute atomic E-state index is 11.7. The first kappa shape index (κ1) is 12.2. The molecule has 1 heterocycles. The molecule has 5 nitrogen and oxygen atoms in total. The Labute approximate surface area is 105 Å². The van der Waals surface area contributed by atoms with Crippen LogP contribution in [-0.4, -0.2) is 18.6 Å². The number of urea groups is 1. The average molecular weight is 246 g/mol. The molecule has 1 aromatic carbocycles. The van der Waals surface area contributed by atoms with Gasteiger partial charge in [-0.15, -0.1) is 0 Å². The van der Waals surface area contributed by atoms with Gasteiger partial charge in [-0.3, -0.25) is 0 Å². The maximum atomic E-state index is 11.7. The van der Waals surface area contributed by atoms with Gasteiger partial charge in [-0.25, -0.2) is 9.59 Å². The zero-order chi connectivity index (χ0) is 13.3. The Morgan fingerprint density at radius 1 is 1.28 bits per heavy atom. The molecule has 5 heteroatoms. The molecule has 0 bridgehead atoms. The number of ether oxygens (including phenoxy) is 1. The van der Waals surface area contributed by atoms with Crippen LogP contribution in [0.4, 0.5) is 4.79 Å². The summed E-state index contributed by atoms with van der Waals surface area (Å²) in [5.41, 5.74) is 8.67. The summed E-state index contributed by atoms with van der Waals surface area (Å²) in [6, 6.07) is 5.05. The molecular weight excluding hydrogens is 232 g/mol. The normalized spacial score (nSPS) is 14.7. The number of aryl methyl sites for hydroxylation is 2. The molecule has 0 atom stereocenters. The molecule has 0 spiro atoms. The second kappa shape index (κ2) is 4.52. The molecule has 1 aromatic rings. The van der Waals surface area contributed by atoms with Crippen molar-refractivity contribution in [2.45, 2.75) is 13.8 Å². The van der Waals surface area contributed by atoms with E-state index in [1.807, 2.05) is 32.0 Å². The van der Waals surface area contributed by atoms with Gasteiger partial charge in [0.05, 0.1) is 11.3 Å². The Hall–Kier alpha value is -2.30. The highest BCUT2D eigenvalue weighted by Crippen LogP contribution is 2.26. The van der Waals surface area contributed by atoms with Gasteiger partial charge in [0, 0.05) is 0 Å². The van der Waals surface area contributed by atoms with Gasteiger partial charge >= 0.3 is 12.0 Å². The Morgan fingerprint density at radius 2 is 1.89 bits per heavy atom. The lowest BCUT2D eigenvalue weighted by molar-refractivity contribution is -0.134. The zero-order valence-electron chi connectivity index (χ0n) is 10.2. The SMILES string of the molecule is Cc1cc(C)cc(C2=C(NC(N)=O)COC2=O)c1. The largest absolute Gasteiger partial charge is 0.456 e. The molecule has 0 aromatic heterocycles. The van der Waals surface area contributed by atoms with Crippen LogP contribution in [0.15, 0.2) is 23.9 Å². The number of rotatable bonds is 2. The van der Waals surface area contributed by atoms with Gasteiger partial charge in [-0.1, -0.05) is 29.3 Å². The van der Waals surface area contributed by atoms with Crippen LogP contribution in [0.1, 0.15) is 16.7 Å². The van der Waals surface area contributed by atoms with E-state index in [-0.39, 0.29) is 6.61 Å². The van der Waals surface area contributed by atoms with Crippen molar-refractivity contribution >= 4 is 17.6 Å². The van der Waals surface area contributed by atoms with Crippen LogP contribution < -0.4 is 11.1 Å². The van der Waals surface area contributed by atoms with Gasteiger partial charge in [0.15, 0.2) is 0 Å². The molecule has 1 aliphatic rings. The van der Waals surface area contributed by atoms with Crippen molar-refractivity contribution in [1.29, 1.82) is 0 Å². The number of amides is 2. The molecule has 0 fully saturated rings. The summed E-state index contributed by atoms with van der Waals surface area (Å²) in [7, 11) is 0. The van der Waals surface area contributed by atoms with E-state index < -0.39 is 12.0 Å². The summed E-state index contributed by atoms with van der Waals surface area (Å²) in [6.45, 7) is 3.93. The van der Waals surface area contributed by atoms with Gasteiger partial charge in [0.25, 0.3) is 0 Å². The highest BCUT2D eigenvalue weighted by molar-refractivity contribution is 6.19. The predicted octanol–water partition coefficient (Wildman–Crippen LogP) is 1.24. The third kappa shape index (κ3) is 2.34. The lowest BCUT2D eigenvalue weighted by Crippen LogP contribution is -2.29. The highest BCUT2D eigenvalue weighted by Gasteiger charge is 2.27. The molecule has 0 saturated carbocycles. The van der Waals surface area contributed by atoms with Gasteiger partial charge in [-0.2, -0.15) is 0 Å². The number of hydrogen-bond donors (Lipinski definition) is 2. The second-order valence-electron chi connectivity index (χ2n) is 4.30. The Balaban J connectivity index is 2.50. The molecule has 3 N–H and O–H groups in total. The fourth-order valence-corrected chi connectivity index (χ4v) is 2.06. The summed E-state index contributed by atoms with van der Waals surface area (Å²) in [5.74, 6) is -0.441. The van der Waals surface area contributed by atoms with Crippen molar-refractivity contribution in [1.82, 2.24) is 5.32 Å². The topological polar surface area (TPSA) is 81.4 Å². The van der Waals surface area contributed by atoms with E-state index in [0.29, 0.717) is 11.3 Å². The van der Waals surface area contributed by atoms with Crippen LogP contribution in [0.3, 0.4) is 0 Å². The van der Waals surface area contributed by atoms with E-state index in [2.05, 4.69) is 5.32 Å². The predicted molar refractivity (Wildman–Crippen MR) is 66.5 cm³/mol. The number of nitrogens with two attached hydrogens (primary N) is 1. The lowest BCUT2D eigenvalue weighted by atomic mass is 10.00. The van der Waals surface area contributed by atoms with Gasteiger partial charge in [-0.05, 0) is 19.4 Å². The van der Waals surface area contributed by atoms with Crippen LogP contribution in [0.2, 0.25) is 0 Å². The maximum Gasteiger partial charge on any atom is 0.341 e. The quantitative estimate of drug-likeness (QED) is 0.770. The number of hydrogen-bond acceptors (Lipinski definition) is 3. The Morgan fingerprint density at radius 3 is 2.44 bits per heavy atom. The average Bonchev–Trinajstić information content (AvgIpc) is 2.57. The van der Waals surface area contributed by atoms with E-state index in [1.54, 1.807) is 0 Å². The van der Waals surface area contributed by atoms with E-state index in [0.717, 1.165) is 16.7 Å². The molecule has 2 rings (SSSR count). The van der Waals surface area contributed by atoms with Crippen LogP contribution in [-0.2, 0) is 9.53 Å². The third-order valence-corrected chi connectivity index (χ3v) is 2.64. The summed E-state index contributed by atoms with van der Waals surface area (Å²) >= 11 is 0. The molecule has 94 valence electrons. The van der Waals surface area contributed by atoms with Crippen molar-refractivity contribution in [2.24, 2.45) is 5.73 Å². The second-order valence-corrected chi connectivity index (χ2v) is 4.30. The zero-order valence-corrected chi connectivity index (χ0v) is 10.2. The Bertz CT molecular complexity index is 541. The number of benzene rings is 1. The number of esters is 1. The fourth-order valence-electron chi connectivity index (χ4n) is 2.06. The van der Waals surface area contributed by atoms with Crippen molar-refractivity contribution in [3.05, 3.63) is 40.6 Å². The molecule has 0 radical (unpaired) electrons. The van der Waals surface area contributed by atoms with E-state index in [4.69, 9.17) is 10.5 Å². The van der Waals surface area contributed by atoms with Crippen molar-refractivity contribution < 1.29 is 14.3 Å². The molecule has 2 amide bonds. The first-order valence-corrected chi connectivity index (χ1v) is 5.53. The lowest BCUT2D eigenvalue weighted by Gasteiger charge is -2.06. The number of cyclic esters (lactones) is 1. The standard InChI is InChI=1S/C13H14N2O3/c1-7-3-8(2)5-9(4-7)11-10(15-13(14)17)6-18-12(11)16/h3-5H,6H2,1-2H3,(H3,14,15,17). The smallest absolute Gasteiger partial charge is 0.341 e. The van der Waals surface area contributed by atoms with E-state index >= 15 is 0 Å². The van der Waals surface area contributed by atoms with E-state index in [1.165, 1.54) is 0 Å². The summed E-state index contributed by atoms with van der Waals surface area (Å²) in [5, 5.41) is 2.43. The third-order valence-electron chi connectivity index (χ3n) is 2.64. The molecule has 1 aliphatic heterocycles. The van der Waals surface area contributed by atoms with E-state index in [9.17, 15) is 9.59 Å². The monoisotopic (exact) mass is 246 g/mol. The minimum Gasteiger partial charge on any atom is -0.456 e. The van der Waals surface area contributed by atoms with Gasteiger partial charge in [0.1, 0.15) is 6.61 Å². The van der Waals surface area contributed by atoms with Crippen molar-refractivity contribution in [3.8, 4) is 0 Å². The number of nitrogens with one attached hydrogen (secondary N) is 1. The fraction of sp³-hybridized carbons (Fsp3) is 0.231.